The van der Waals surface area contributed by atoms with Gasteiger partial charge in [-0.1, -0.05) is 0 Å². The molecule has 10 heteroatoms. The monoisotopic (exact) mass is 404 g/mol. The Hall–Kier alpha value is -3.01. The van der Waals surface area contributed by atoms with Crippen molar-refractivity contribution in [3.8, 4) is 0 Å². The van der Waals surface area contributed by atoms with E-state index in [0.29, 0.717) is 11.3 Å². The van der Waals surface area contributed by atoms with Crippen molar-refractivity contribution in [3.63, 3.8) is 0 Å². The number of amidine groups is 1. The van der Waals surface area contributed by atoms with Gasteiger partial charge < -0.3 is 15.5 Å². The number of nitrogens with zero attached hydrogens (tertiary/aromatic N) is 2. The highest BCUT2D eigenvalue weighted by Gasteiger charge is 2.30. The van der Waals surface area contributed by atoms with Gasteiger partial charge in [-0.3, -0.25) is 9.59 Å². The SMILES string of the molecule is O=C(Nc1ccc(F)c(NC(=O)C2CC2)c1)C1=CN2CCS(=O)(=O)N=C2C=C1. The minimum Gasteiger partial charge on any atom is -0.330 e. The van der Waals surface area contributed by atoms with E-state index >= 15 is 0 Å². The fraction of sp³-hybridized carbons (Fsp3) is 0.278. The first-order valence-electron chi connectivity index (χ1n) is 8.72. The Balaban J connectivity index is 1.47. The maximum atomic E-state index is 13.9. The molecule has 3 aliphatic rings. The second-order valence-corrected chi connectivity index (χ2v) is 8.51. The third-order valence-electron chi connectivity index (χ3n) is 4.52. The van der Waals surface area contributed by atoms with E-state index in [1.54, 1.807) is 4.90 Å². The van der Waals surface area contributed by atoms with Gasteiger partial charge in [0.1, 0.15) is 11.7 Å². The summed E-state index contributed by atoms with van der Waals surface area (Å²) in [6.07, 6.45) is 6.03. The summed E-state index contributed by atoms with van der Waals surface area (Å²) < 4.78 is 40.7. The lowest BCUT2D eigenvalue weighted by Crippen LogP contribution is -2.37. The topological polar surface area (TPSA) is 108 Å². The van der Waals surface area contributed by atoms with Crippen LogP contribution >= 0.6 is 0 Å². The molecule has 1 aromatic carbocycles. The average Bonchev–Trinajstić information content (AvgIpc) is 3.48. The number of benzene rings is 1. The molecule has 0 aromatic heterocycles. The van der Waals surface area contributed by atoms with Crippen LogP contribution in [-0.2, 0) is 19.6 Å². The molecule has 2 aliphatic heterocycles. The number of fused-ring (bicyclic) bond motifs is 1. The highest BCUT2D eigenvalue weighted by molar-refractivity contribution is 7.90. The van der Waals surface area contributed by atoms with Gasteiger partial charge in [-0.05, 0) is 43.2 Å². The zero-order valence-corrected chi connectivity index (χ0v) is 15.5. The van der Waals surface area contributed by atoms with Crippen molar-refractivity contribution in [2.45, 2.75) is 12.8 Å². The minimum absolute atomic E-state index is 0.0125. The third kappa shape index (κ3) is 3.96. The van der Waals surface area contributed by atoms with Gasteiger partial charge >= 0.3 is 0 Å². The van der Waals surface area contributed by atoms with Crippen LogP contribution in [0.3, 0.4) is 0 Å². The van der Waals surface area contributed by atoms with E-state index in [9.17, 15) is 22.4 Å². The van der Waals surface area contributed by atoms with Crippen LogP contribution in [0.15, 0.2) is 46.5 Å². The number of halogens is 1. The molecule has 0 saturated heterocycles. The molecule has 2 amide bonds. The van der Waals surface area contributed by atoms with Crippen LogP contribution < -0.4 is 10.6 Å². The summed E-state index contributed by atoms with van der Waals surface area (Å²) in [6, 6.07) is 3.93. The van der Waals surface area contributed by atoms with Crippen molar-refractivity contribution in [2.75, 3.05) is 22.9 Å². The van der Waals surface area contributed by atoms with Gasteiger partial charge in [-0.15, -0.1) is 4.40 Å². The van der Waals surface area contributed by atoms with Gasteiger partial charge in [0.2, 0.25) is 5.91 Å². The first kappa shape index (κ1) is 18.4. The van der Waals surface area contributed by atoms with Crippen LogP contribution in [0, 0.1) is 11.7 Å². The molecule has 8 nitrogen and oxygen atoms in total. The molecule has 146 valence electrons. The van der Waals surface area contributed by atoms with Crippen LogP contribution in [0.1, 0.15) is 12.8 Å². The maximum absolute atomic E-state index is 13.9. The van der Waals surface area contributed by atoms with E-state index in [2.05, 4.69) is 15.0 Å². The van der Waals surface area contributed by atoms with E-state index in [4.69, 9.17) is 0 Å². The molecule has 2 N–H and O–H groups in total. The summed E-state index contributed by atoms with van der Waals surface area (Å²) >= 11 is 0. The fourth-order valence-corrected chi connectivity index (χ4v) is 3.79. The molecule has 0 atom stereocenters. The summed E-state index contributed by atoms with van der Waals surface area (Å²) in [6.45, 7) is 0.205. The lowest BCUT2D eigenvalue weighted by atomic mass is 10.1. The van der Waals surface area contributed by atoms with E-state index < -0.39 is 21.7 Å². The summed E-state index contributed by atoms with van der Waals surface area (Å²) in [4.78, 5) is 25.9. The van der Waals surface area contributed by atoms with E-state index in [-0.39, 0.29) is 35.6 Å². The van der Waals surface area contributed by atoms with Gasteiger partial charge in [-0.2, -0.15) is 0 Å². The second kappa shape index (κ2) is 6.86. The van der Waals surface area contributed by atoms with E-state index in [1.807, 2.05) is 0 Å². The first-order chi connectivity index (χ1) is 13.3. The number of nitrogens with one attached hydrogen (secondary N) is 2. The molecule has 1 aromatic rings. The molecule has 2 heterocycles. The lowest BCUT2D eigenvalue weighted by Gasteiger charge is -2.26. The highest BCUT2D eigenvalue weighted by Crippen LogP contribution is 2.31. The van der Waals surface area contributed by atoms with Crippen molar-refractivity contribution in [2.24, 2.45) is 10.3 Å². The Bertz CT molecular complexity index is 1060. The van der Waals surface area contributed by atoms with Gasteiger partial charge in [0.25, 0.3) is 15.9 Å². The Labute approximate surface area is 160 Å². The van der Waals surface area contributed by atoms with Crippen LogP contribution in [0.25, 0.3) is 0 Å². The van der Waals surface area contributed by atoms with Crippen molar-refractivity contribution in [3.05, 3.63) is 47.9 Å². The number of rotatable bonds is 4. The number of sulfonamides is 1. The van der Waals surface area contributed by atoms with Crippen LogP contribution in [-0.4, -0.2) is 43.3 Å². The predicted molar refractivity (Wildman–Crippen MR) is 102 cm³/mol. The predicted octanol–water partition coefficient (Wildman–Crippen LogP) is 1.61. The molecule has 0 radical (unpaired) electrons. The van der Waals surface area contributed by atoms with Gasteiger partial charge in [0.05, 0.1) is 17.0 Å². The summed E-state index contributed by atoms with van der Waals surface area (Å²) in [5.74, 6) is -1.20. The van der Waals surface area contributed by atoms with E-state index in [0.717, 1.165) is 12.8 Å². The van der Waals surface area contributed by atoms with Crippen molar-refractivity contribution in [1.29, 1.82) is 0 Å². The normalized spacial score (nSPS) is 20.0. The van der Waals surface area contributed by atoms with Gasteiger partial charge in [0, 0.05) is 24.4 Å². The summed E-state index contributed by atoms with van der Waals surface area (Å²) in [5.41, 5.74) is 0.636. The Morgan fingerprint density at radius 3 is 2.71 bits per heavy atom. The molecule has 0 unspecified atom stereocenters. The summed E-state index contributed by atoms with van der Waals surface area (Å²) in [5, 5.41) is 5.18. The minimum atomic E-state index is -3.46. The average molecular weight is 404 g/mol. The Morgan fingerprint density at radius 1 is 1.18 bits per heavy atom. The smallest absolute Gasteiger partial charge is 0.257 e. The van der Waals surface area contributed by atoms with Gasteiger partial charge in [-0.25, -0.2) is 12.8 Å². The molecular formula is C18H17FN4O4S. The maximum Gasteiger partial charge on any atom is 0.257 e. The highest BCUT2D eigenvalue weighted by atomic mass is 32.2. The number of hydrogen-bond donors (Lipinski definition) is 2. The third-order valence-corrected chi connectivity index (χ3v) is 5.68. The second-order valence-electron chi connectivity index (χ2n) is 6.76. The van der Waals surface area contributed by atoms with Gasteiger partial charge in [0.15, 0.2) is 0 Å². The zero-order chi connectivity index (χ0) is 19.9. The number of hydrogen-bond acceptors (Lipinski definition) is 5. The molecule has 0 bridgehead atoms. The van der Waals surface area contributed by atoms with E-state index in [1.165, 1.54) is 36.6 Å². The zero-order valence-electron chi connectivity index (χ0n) is 14.7. The van der Waals surface area contributed by atoms with Crippen molar-refractivity contribution < 1.29 is 22.4 Å². The number of anilines is 2. The standard InChI is InChI=1S/C18H17FN4O4S/c19-14-5-4-13(9-15(14)21-17(24)11-1-2-11)20-18(25)12-3-6-16-22-28(26,27)8-7-23(16)10-12/h3-6,9-11H,1-2,7-8H2,(H,20,25)(H,21,24). The largest absolute Gasteiger partial charge is 0.330 e. The number of amides is 2. The first-order valence-corrected chi connectivity index (χ1v) is 10.3. The number of carbonyl (C=O) groups excluding carboxylic acids is 2. The van der Waals surface area contributed by atoms with Crippen molar-refractivity contribution >= 4 is 39.0 Å². The molecule has 4 rings (SSSR count). The molecule has 28 heavy (non-hydrogen) atoms. The summed E-state index contributed by atoms with van der Waals surface area (Å²) in [7, 11) is -3.46. The molecule has 1 aliphatic carbocycles. The molecular weight excluding hydrogens is 387 g/mol. The molecule has 1 fully saturated rings. The number of carbonyl (C=O) groups is 2. The lowest BCUT2D eigenvalue weighted by molar-refractivity contribution is -0.117. The fourth-order valence-electron chi connectivity index (χ4n) is 2.82. The van der Waals surface area contributed by atoms with Crippen LogP contribution in [0.4, 0.5) is 15.8 Å². The Kier molecular flexibility index (Phi) is 4.50. The van der Waals surface area contributed by atoms with Crippen molar-refractivity contribution in [1.82, 2.24) is 4.90 Å². The van der Waals surface area contributed by atoms with Crippen LogP contribution in [0.2, 0.25) is 0 Å². The molecule has 0 spiro atoms. The molecule has 1 saturated carbocycles. The van der Waals surface area contributed by atoms with Crippen LogP contribution in [0.5, 0.6) is 0 Å². The quantitative estimate of drug-likeness (QED) is 0.793. The Morgan fingerprint density at radius 2 is 1.96 bits per heavy atom.